The number of thiophene rings is 1. The van der Waals surface area contributed by atoms with Crippen molar-refractivity contribution >= 4 is 44.2 Å². The van der Waals surface area contributed by atoms with Gasteiger partial charge < -0.3 is 14.6 Å². The number of nitrogens with zero attached hydrogens (tertiary/aromatic N) is 3. The van der Waals surface area contributed by atoms with Gasteiger partial charge in [-0.05, 0) is 43.5 Å². The molecule has 1 aliphatic carbocycles. The van der Waals surface area contributed by atoms with Gasteiger partial charge in [-0.3, -0.25) is 4.98 Å². The fourth-order valence-corrected chi connectivity index (χ4v) is 6.26. The molecular formula is C22H20F3N5O2S. The van der Waals surface area contributed by atoms with Crippen molar-refractivity contribution in [3.8, 4) is 0 Å². The minimum atomic E-state index is -4.24. The van der Waals surface area contributed by atoms with Crippen LogP contribution in [0.5, 0.6) is 0 Å². The number of aromatic amines is 1. The zero-order valence-corrected chi connectivity index (χ0v) is 18.2. The highest BCUT2D eigenvalue weighted by Crippen LogP contribution is 2.48. The van der Waals surface area contributed by atoms with Gasteiger partial charge in [0.2, 0.25) is 0 Å². The number of halogens is 3. The average Bonchev–Trinajstić information content (AvgIpc) is 3.40. The first-order valence-corrected chi connectivity index (χ1v) is 11.5. The molecule has 0 bridgehead atoms. The Bertz CT molecular complexity index is 1400. The van der Waals surface area contributed by atoms with Gasteiger partial charge >= 0.3 is 11.9 Å². The Morgan fingerprint density at radius 2 is 2.12 bits per heavy atom. The van der Waals surface area contributed by atoms with Gasteiger partial charge in [-0.15, -0.1) is 11.3 Å². The van der Waals surface area contributed by atoms with Gasteiger partial charge in [0.25, 0.3) is 0 Å². The van der Waals surface area contributed by atoms with E-state index in [0.29, 0.717) is 27.4 Å². The lowest BCUT2D eigenvalue weighted by molar-refractivity contribution is -0.126. The lowest BCUT2D eigenvalue weighted by atomic mass is 9.78. The molecule has 2 aliphatic rings. The van der Waals surface area contributed by atoms with E-state index in [-0.39, 0.29) is 10.3 Å². The van der Waals surface area contributed by atoms with Crippen molar-refractivity contribution in [3.05, 3.63) is 46.0 Å². The van der Waals surface area contributed by atoms with Gasteiger partial charge in [-0.1, -0.05) is 0 Å². The molecular weight excluding hydrogens is 455 g/mol. The van der Waals surface area contributed by atoms with Crippen LogP contribution in [0.4, 0.5) is 24.7 Å². The largest absolute Gasteiger partial charge is 0.417 e. The van der Waals surface area contributed by atoms with E-state index in [0.717, 1.165) is 55.2 Å². The van der Waals surface area contributed by atoms with Gasteiger partial charge in [0.1, 0.15) is 17.0 Å². The summed E-state index contributed by atoms with van der Waals surface area (Å²) in [7, 11) is 0. The lowest BCUT2D eigenvalue weighted by Crippen LogP contribution is -2.56. The predicted octanol–water partition coefficient (Wildman–Crippen LogP) is 4.70. The number of nitrogens with one attached hydrogen (secondary N) is 2. The van der Waals surface area contributed by atoms with Crippen LogP contribution in [0.1, 0.15) is 24.1 Å². The van der Waals surface area contributed by atoms with Crippen LogP contribution in [0.3, 0.4) is 0 Å². The Morgan fingerprint density at radius 1 is 1.27 bits per heavy atom. The number of alkyl halides is 3. The van der Waals surface area contributed by atoms with Crippen LogP contribution in [0.2, 0.25) is 0 Å². The van der Waals surface area contributed by atoms with E-state index < -0.39 is 18.4 Å². The molecule has 1 atom stereocenters. The van der Waals surface area contributed by atoms with Gasteiger partial charge in [0.05, 0.1) is 17.3 Å². The second kappa shape index (κ2) is 7.21. The van der Waals surface area contributed by atoms with Crippen molar-refractivity contribution in [1.82, 2.24) is 15.0 Å². The molecule has 1 spiro atoms. The molecule has 2 N–H and O–H groups in total. The Labute approximate surface area is 189 Å². The smallest absolute Gasteiger partial charge is 0.408 e. The Balaban J connectivity index is 1.14. The number of anilines is 2. The number of aromatic nitrogens is 3. The normalized spacial score (nSPS) is 20.1. The van der Waals surface area contributed by atoms with Crippen molar-refractivity contribution in [2.75, 3.05) is 23.3 Å². The van der Waals surface area contributed by atoms with Crippen LogP contribution < -0.4 is 16.0 Å². The van der Waals surface area contributed by atoms with Gasteiger partial charge in [-0.2, -0.15) is 13.2 Å². The highest BCUT2D eigenvalue weighted by Gasteiger charge is 2.49. The van der Waals surface area contributed by atoms with Gasteiger partial charge in [0.15, 0.2) is 5.58 Å². The molecule has 11 heteroatoms. The third-order valence-corrected chi connectivity index (χ3v) is 7.62. The molecule has 6 rings (SSSR count). The summed E-state index contributed by atoms with van der Waals surface area (Å²) < 4.78 is 43.5. The molecule has 172 valence electrons. The number of benzene rings is 1. The molecule has 1 unspecified atom stereocenters. The summed E-state index contributed by atoms with van der Waals surface area (Å²) in [5.74, 6) is 0.257. The quantitative estimate of drug-likeness (QED) is 0.445. The standard InChI is InChI=1S/C22H20F3N5O2S/c23-22(24,25)8-14-6-15-18(26-11-27-19(15)33-14)30-9-21(10-30)4-3-13(7-21)28-12-1-2-17-16(5-12)29-20(31)32-17/h1-2,5-6,11,13,28H,3-4,7-10H2,(H,29,31). The minimum absolute atomic E-state index is 0.174. The van der Waals surface area contributed by atoms with E-state index in [4.69, 9.17) is 4.42 Å². The van der Waals surface area contributed by atoms with Crippen LogP contribution in [-0.2, 0) is 6.42 Å². The first-order chi connectivity index (χ1) is 15.8. The van der Waals surface area contributed by atoms with E-state index in [1.807, 2.05) is 12.1 Å². The third-order valence-electron chi connectivity index (χ3n) is 6.58. The number of oxazole rings is 1. The number of H-pyrrole nitrogens is 1. The molecule has 1 aromatic carbocycles. The summed E-state index contributed by atoms with van der Waals surface area (Å²) in [6.07, 6.45) is -0.640. The summed E-state index contributed by atoms with van der Waals surface area (Å²) >= 11 is 1.08. The summed E-state index contributed by atoms with van der Waals surface area (Å²) in [6.45, 7) is 1.66. The highest BCUT2D eigenvalue weighted by molar-refractivity contribution is 7.18. The van der Waals surface area contributed by atoms with Crippen LogP contribution in [0.15, 0.2) is 39.8 Å². The Hall–Kier alpha value is -3.08. The number of hydrogen-bond donors (Lipinski definition) is 2. The van der Waals surface area contributed by atoms with E-state index in [1.165, 1.54) is 6.33 Å². The molecule has 4 heterocycles. The highest BCUT2D eigenvalue weighted by atomic mass is 32.1. The number of hydrogen-bond acceptors (Lipinski definition) is 7. The number of rotatable bonds is 4. The summed E-state index contributed by atoms with van der Waals surface area (Å²) in [4.78, 5) is 25.6. The summed E-state index contributed by atoms with van der Waals surface area (Å²) in [6, 6.07) is 7.46. The first-order valence-electron chi connectivity index (χ1n) is 10.7. The van der Waals surface area contributed by atoms with E-state index in [2.05, 4.69) is 25.2 Å². The zero-order valence-electron chi connectivity index (χ0n) is 17.4. The Morgan fingerprint density at radius 3 is 2.94 bits per heavy atom. The lowest BCUT2D eigenvalue weighted by Gasteiger charge is -2.49. The Kier molecular flexibility index (Phi) is 4.48. The van der Waals surface area contributed by atoms with Crippen molar-refractivity contribution in [3.63, 3.8) is 0 Å². The van der Waals surface area contributed by atoms with E-state index in [9.17, 15) is 18.0 Å². The molecule has 0 amide bonds. The molecule has 7 nitrogen and oxygen atoms in total. The molecule has 1 aliphatic heterocycles. The fourth-order valence-electron chi connectivity index (χ4n) is 5.24. The van der Waals surface area contributed by atoms with Crippen LogP contribution in [-0.4, -0.2) is 40.3 Å². The molecule has 4 aromatic rings. The zero-order chi connectivity index (χ0) is 22.8. The van der Waals surface area contributed by atoms with Crippen LogP contribution in [0, 0.1) is 5.41 Å². The summed E-state index contributed by atoms with van der Waals surface area (Å²) in [5, 5.41) is 4.26. The predicted molar refractivity (Wildman–Crippen MR) is 120 cm³/mol. The second-order valence-corrected chi connectivity index (χ2v) is 10.2. The summed E-state index contributed by atoms with van der Waals surface area (Å²) in [5.41, 5.74) is 2.31. The molecule has 2 fully saturated rings. The molecule has 33 heavy (non-hydrogen) atoms. The monoisotopic (exact) mass is 475 g/mol. The van der Waals surface area contributed by atoms with Crippen molar-refractivity contribution in [2.24, 2.45) is 5.41 Å². The SMILES string of the molecule is O=c1[nH]c2cc(NC3CCC4(C3)CN(c3ncnc5sc(CC(F)(F)F)cc35)C4)ccc2o1. The van der Waals surface area contributed by atoms with Gasteiger partial charge in [0, 0.05) is 35.1 Å². The molecule has 1 saturated carbocycles. The number of fused-ring (bicyclic) bond motifs is 2. The first kappa shape index (κ1) is 20.5. The average molecular weight is 475 g/mol. The third kappa shape index (κ3) is 3.84. The molecule has 1 saturated heterocycles. The maximum atomic E-state index is 12.8. The van der Waals surface area contributed by atoms with Crippen LogP contribution >= 0.6 is 11.3 Å². The topological polar surface area (TPSA) is 87.0 Å². The maximum Gasteiger partial charge on any atom is 0.417 e. The molecule has 3 aromatic heterocycles. The minimum Gasteiger partial charge on any atom is -0.408 e. The van der Waals surface area contributed by atoms with Crippen molar-refractivity contribution in [2.45, 2.75) is 37.9 Å². The van der Waals surface area contributed by atoms with Crippen molar-refractivity contribution < 1.29 is 17.6 Å². The van der Waals surface area contributed by atoms with Gasteiger partial charge in [-0.25, -0.2) is 14.8 Å². The second-order valence-electron chi connectivity index (χ2n) is 9.09. The van der Waals surface area contributed by atoms with Crippen LogP contribution in [0.25, 0.3) is 21.3 Å². The van der Waals surface area contributed by atoms with E-state index >= 15 is 0 Å². The fraction of sp³-hybridized carbons (Fsp3) is 0.409. The molecule has 0 radical (unpaired) electrons. The van der Waals surface area contributed by atoms with E-state index in [1.54, 1.807) is 12.1 Å². The maximum absolute atomic E-state index is 12.8. The van der Waals surface area contributed by atoms with Crippen molar-refractivity contribution in [1.29, 1.82) is 0 Å².